The molecule has 9 heteroatoms. The highest BCUT2D eigenvalue weighted by atomic mass is 19.1. The molecule has 0 aliphatic carbocycles. The van der Waals surface area contributed by atoms with Crippen LogP contribution in [0.1, 0.15) is 55.6 Å². The van der Waals surface area contributed by atoms with Crippen molar-refractivity contribution in [1.82, 2.24) is 15.2 Å². The van der Waals surface area contributed by atoms with Crippen LogP contribution in [0.4, 0.5) is 4.39 Å². The minimum atomic E-state index is -0.432. The van der Waals surface area contributed by atoms with Crippen LogP contribution in [-0.2, 0) is 6.42 Å². The van der Waals surface area contributed by atoms with Crippen LogP contribution in [-0.4, -0.2) is 46.5 Å². The van der Waals surface area contributed by atoms with E-state index in [9.17, 15) is 19.1 Å². The van der Waals surface area contributed by atoms with E-state index in [0.29, 0.717) is 71.9 Å². The van der Waals surface area contributed by atoms with E-state index in [1.165, 1.54) is 18.2 Å². The summed E-state index contributed by atoms with van der Waals surface area (Å²) in [4.78, 5) is 31.9. The Morgan fingerprint density at radius 2 is 1.82 bits per heavy atom. The van der Waals surface area contributed by atoms with Gasteiger partial charge in [0.25, 0.3) is 11.8 Å². The largest absolute Gasteiger partial charge is 0.507 e. The lowest BCUT2D eigenvalue weighted by atomic mass is 9.87. The molecule has 222 valence electrons. The summed E-state index contributed by atoms with van der Waals surface area (Å²) >= 11 is 0. The van der Waals surface area contributed by atoms with Gasteiger partial charge in [-0.1, -0.05) is 30.3 Å². The quantitative estimate of drug-likeness (QED) is 0.209. The SMILES string of the molecule is Cc1c(C(=O)N2CCc3cc4ccc3C2c2cccc(c2)OCCCNC(=O)c2cc(ccc2O)O4)[nH]c2c(F)cccc12. The summed E-state index contributed by atoms with van der Waals surface area (Å²) in [6.45, 7) is 2.96. The summed E-state index contributed by atoms with van der Waals surface area (Å²) in [6, 6.07) is 22.4. The monoisotopic (exact) mass is 591 g/mol. The fourth-order valence-electron chi connectivity index (χ4n) is 6.15. The number of phenolic OH excluding ortho intramolecular Hbond substituents is 1. The van der Waals surface area contributed by atoms with Gasteiger partial charge in [-0.15, -0.1) is 0 Å². The Morgan fingerprint density at radius 3 is 2.68 bits per heavy atom. The number of aromatic amines is 1. The molecule has 3 N–H and O–H groups in total. The highest BCUT2D eigenvalue weighted by Gasteiger charge is 2.35. The number of amides is 2. The molecule has 0 fully saturated rings. The molecular formula is C35H30FN3O5. The number of carbonyl (C=O) groups is 2. The molecule has 4 heterocycles. The summed E-state index contributed by atoms with van der Waals surface area (Å²) in [5.74, 6) is 0.474. The Bertz CT molecular complexity index is 1930. The predicted molar refractivity (Wildman–Crippen MR) is 163 cm³/mol. The lowest BCUT2D eigenvalue weighted by Gasteiger charge is -2.38. The number of para-hydroxylation sites is 1. The molecule has 8 bridgehead atoms. The van der Waals surface area contributed by atoms with Crippen molar-refractivity contribution in [2.75, 3.05) is 19.7 Å². The molecule has 0 saturated heterocycles. The van der Waals surface area contributed by atoms with Crippen molar-refractivity contribution >= 4 is 22.7 Å². The molecule has 0 saturated carbocycles. The van der Waals surface area contributed by atoms with Crippen molar-refractivity contribution < 1.29 is 28.6 Å². The number of phenols is 1. The van der Waals surface area contributed by atoms with Crippen LogP contribution in [0.3, 0.4) is 0 Å². The van der Waals surface area contributed by atoms with Crippen LogP contribution in [0.15, 0.2) is 78.9 Å². The van der Waals surface area contributed by atoms with Crippen molar-refractivity contribution in [3.05, 3.63) is 118 Å². The lowest BCUT2D eigenvalue weighted by Crippen LogP contribution is -2.41. The maximum Gasteiger partial charge on any atom is 0.271 e. The summed E-state index contributed by atoms with van der Waals surface area (Å²) in [7, 11) is 0. The van der Waals surface area contributed by atoms with Crippen LogP contribution in [0.25, 0.3) is 10.9 Å². The third kappa shape index (κ3) is 4.90. The van der Waals surface area contributed by atoms with Crippen molar-refractivity contribution in [1.29, 1.82) is 0 Å². The number of hydrogen-bond acceptors (Lipinski definition) is 5. The highest BCUT2D eigenvalue weighted by molar-refractivity contribution is 6.01. The van der Waals surface area contributed by atoms with Gasteiger partial charge in [0, 0.05) is 18.5 Å². The number of aromatic nitrogens is 1. The summed E-state index contributed by atoms with van der Waals surface area (Å²) in [5.41, 5.74) is 4.35. The minimum absolute atomic E-state index is 0.122. The van der Waals surface area contributed by atoms with Gasteiger partial charge in [0.15, 0.2) is 0 Å². The smallest absolute Gasteiger partial charge is 0.271 e. The molecule has 3 aliphatic rings. The Kier molecular flexibility index (Phi) is 6.93. The van der Waals surface area contributed by atoms with Gasteiger partial charge < -0.3 is 29.8 Å². The predicted octanol–water partition coefficient (Wildman–Crippen LogP) is 6.41. The first-order valence-corrected chi connectivity index (χ1v) is 14.6. The van der Waals surface area contributed by atoms with Gasteiger partial charge in [0.2, 0.25) is 0 Å². The number of rotatable bonds is 1. The van der Waals surface area contributed by atoms with Gasteiger partial charge in [-0.3, -0.25) is 9.59 Å². The van der Waals surface area contributed by atoms with Gasteiger partial charge in [-0.2, -0.15) is 0 Å². The number of benzene rings is 4. The first-order valence-electron chi connectivity index (χ1n) is 14.6. The van der Waals surface area contributed by atoms with Crippen LogP contribution < -0.4 is 14.8 Å². The first kappa shape index (κ1) is 27.5. The molecule has 1 aromatic heterocycles. The highest BCUT2D eigenvalue weighted by Crippen LogP contribution is 2.40. The maximum absolute atomic E-state index is 14.6. The average Bonchev–Trinajstić information content (AvgIpc) is 3.37. The number of ether oxygens (including phenoxy) is 2. The van der Waals surface area contributed by atoms with Crippen molar-refractivity contribution in [2.45, 2.75) is 25.8 Å². The number of nitrogens with zero attached hydrogens (tertiary/aromatic N) is 1. The zero-order chi connectivity index (χ0) is 30.4. The number of nitrogens with one attached hydrogen (secondary N) is 2. The van der Waals surface area contributed by atoms with E-state index in [0.717, 1.165) is 16.7 Å². The zero-order valence-electron chi connectivity index (χ0n) is 24.0. The Morgan fingerprint density at radius 1 is 1.00 bits per heavy atom. The number of fused-ring (bicyclic) bond motifs is 7. The van der Waals surface area contributed by atoms with E-state index in [-0.39, 0.29) is 17.2 Å². The van der Waals surface area contributed by atoms with Gasteiger partial charge in [-0.05, 0) is 90.6 Å². The molecule has 4 aromatic carbocycles. The molecule has 44 heavy (non-hydrogen) atoms. The summed E-state index contributed by atoms with van der Waals surface area (Å²) in [6.07, 6.45) is 1.12. The zero-order valence-corrected chi connectivity index (χ0v) is 24.0. The summed E-state index contributed by atoms with van der Waals surface area (Å²) in [5, 5.41) is 13.8. The van der Waals surface area contributed by atoms with E-state index in [2.05, 4.69) is 10.3 Å². The third-order valence-corrected chi connectivity index (χ3v) is 8.36. The number of H-pyrrole nitrogens is 1. The first-order chi connectivity index (χ1) is 21.4. The molecule has 1 atom stereocenters. The molecule has 0 radical (unpaired) electrons. The average molecular weight is 592 g/mol. The maximum atomic E-state index is 14.6. The second-order valence-electron chi connectivity index (χ2n) is 11.1. The topological polar surface area (TPSA) is 104 Å². The molecule has 8 rings (SSSR count). The minimum Gasteiger partial charge on any atom is -0.507 e. The van der Waals surface area contributed by atoms with Gasteiger partial charge in [0.05, 0.1) is 23.7 Å². The van der Waals surface area contributed by atoms with Gasteiger partial charge in [-0.25, -0.2) is 4.39 Å². The van der Waals surface area contributed by atoms with E-state index in [1.807, 2.05) is 60.4 Å². The fourth-order valence-corrected chi connectivity index (χ4v) is 6.15. The molecule has 2 amide bonds. The number of carbonyl (C=O) groups excluding carboxylic acids is 2. The third-order valence-electron chi connectivity index (χ3n) is 8.36. The number of aromatic hydroxyl groups is 1. The Labute approximate surface area is 253 Å². The molecule has 1 unspecified atom stereocenters. The second kappa shape index (κ2) is 11.1. The van der Waals surface area contributed by atoms with Crippen molar-refractivity contribution in [3.63, 3.8) is 0 Å². The van der Waals surface area contributed by atoms with Crippen LogP contribution >= 0.6 is 0 Å². The fraction of sp³-hybridized carbons (Fsp3) is 0.200. The van der Waals surface area contributed by atoms with E-state index in [4.69, 9.17) is 9.47 Å². The Hall–Kier alpha value is -5.31. The van der Waals surface area contributed by atoms with Crippen LogP contribution in [0.2, 0.25) is 0 Å². The second-order valence-corrected chi connectivity index (χ2v) is 11.1. The molecule has 8 nitrogen and oxygen atoms in total. The number of halogens is 1. The van der Waals surface area contributed by atoms with Crippen molar-refractivity contribution in [3.8, 4) is 23.0 Å². The summed E-state index contributed by atoms with van der Waals surface area (Å²) < 4.78 is 26.8. The normalized spacial score (nSPS) is 16.5. The van der Waals surface area contributed by atoms with Crippen molar-refractivity contribution in [2.24, 2.45) is 0 Å². The van der Waals surface area contributed by atoms with Gasteiger partial charge in [0.1, 0.15) is 34.5 Å². The number of aryl methyl sites for hydroxylation is 1. The van der Waals surface area contributed by atoms with E-state index >= 15 is 0 Å². The van der Waals surface area contributed by atoms with E-state index in [1.54, 1.807) is 12.1 Å². The Balaban J connectivity index is 1.32. The van der Waals surface area contributed by atoms with E-state index < -0.39 is 17.8 Å². The number of hydrogen-bond donors (Lipinski definition) is 3. The standard InChI is InChI=1S/C35H30FN3O5/c1-20-26-7-3-8-29(36)32(26)38-31(20)35(42)39-15-13-21-17-24-9-11-27(21)33(39)22-5-2-6-23(18-22)43-16-4-14-37-34(41)28-19-25(44-24)10-12-30(28)40/h2-3,5-12,17-19,33,38,40H,4,13-16H2,1H3,(H,37,41). The lowest BCUT2D eigenvalue weighted by molar-refractivity contribution is 0.0688. The van der Waals surface area contributed by atoms with Crippen LogP contribution in [0.5, 0.6) is 23.0 Å². The van der Waals surface area contributed by atoms with Crippen LogP contribution in [0, 0.1) is 12.7 Å². The molecule has 5 aromatic rings. The molecular weight excluding hydrogens is 561 g/mol. The van der Waals surface area contributed by atoms with Gasteiger partial charge >= 0.3 is 0 Å². The molecule has 0 spiro atoms. The molecule has 3 aliphatic heterocycles.